The van der Waals surface area contributed by atoms with Crippen LogP contribution >= 0.6 is 11.8 Å². The van der Waals surface area contributed by atoms with Crippen molar-refractivity contribution in [3.63, 3.8) is 0 Å². The molecule has 120 valence electrons. The van der Waals surface area contributed by atoms with E-state index in [4.69, 9.17) is 10.2 Å². The molecule has 6 nitrogen and oxygen atoms in total. The summed E-state index contributed by atoms with van der Waals surface area (Å²) in [5.41, 5.74) is 0. The minimum atomic E-state index is -0.726. The SMILES string of the molecule is O=C(O)C1CCC(NC(=O)N2CCSCC2CCO)CC1. The topological polar surface area (TPSA) is 89.9 Å². The summed E-state index contributed by atoms with van der Waals surface area (Å²) in [5.74, 6) is 0.823. The summed E-state index contributed by atoms with van der Waals surface area (Å²) in [6, 6.07) is 0.120. The van der Waals surface area contributed by atoms with Gasteiger partial charge >= 0.3 is 12.0 Å². The van der Waals surface area contributed by atoms with Crippen LogP contribution in [-0.2, 0) is 4.79 Å². The number of rotatable bonds is 4. The van der Waals surface area contributed by atoms with Gasteiger partial charge < -0.3 is 20.4 Å². The molecule has 7 heteroatoms. The lowest BCUT2D eigenvalue weighted by Gasteiger charge is -2.37. The number of carboxylic acids is 1. The Balaban J connectivity index is 1.82. The van der Waals surface area contributed by atoms with Crippen LogP contribution < -0.4 is 5.32 Å². The maximum atomic E-state index is 12.4. The summed E-state index contributed by atoms with van der Waals surface area (Å²) in [6.07, 6.45) is 3.35. The first kappa shape index (κ1) is 16.4. The van der Waals surface area contributed by atoms with Gasteiger partial charge in [-0.1, -0.05) is 0 Å². The van der Waals surface area contributed by atoms with Crippen LogP contribution in [-0.4, -0.2) is 63.9 Å². The molecule has 0 aromatic carbocycles. The largest absolute Gasteiger partial charge is 0.481 e. The lowest BCUT2D eigenvalue weighted by atomic mass is 9.86. The normalized spacial score (nSPS) is 30.0. The molecule has 1 saturated heterocycles. The Morgan fingerprint density at radius 2 is 1.95 bits per heavy atom. The molecule has 0 spiro atoms. The van der Waals surface area contributed by atoms with Gasteiger partial charge in [0.15, 0.2) is 0 Å². The van der Waals surface area contributed by atoms with Crippen molar-refractivity contribution in [2.24, 2.45) is 5.92 Å². The monoisotopic (exact) mass is 316 g/mol. The Bertz CT molecular complexity index is 370. The number of nitrogens with one attached hydrogen (secondary N) is 1. The maximum absolute atomic E-state index is 12.4. The minimum Gasteiger partial charge on any atom is -0.481 e. The second-order valence-corrected chi connectivity index (χ2v) is 6.92. The van der Waals surface area contributed by atoms with Gasteiger partial charge in [-0.3, -0.25) is 4.79 Å². The van der Waals surface area contributed by atoms with Crippen molar-refractivity contribution in [3.05, 3.63) is 0 Å². The fraction of sp³-hybridized carbons (Fsp3) is 0.857. The Labute approximate surface area is 129 Å². The van der Waals surface area contributed by atoms with Crippen molar-refractivity contribution >= 4 is 23.8 Å². The third-order valence-electron chi connectivity index (χ3n) is 4.35. The van der Waals surface area contributed by atoms with Gasteiger partial charge in [0.25, 0.3) is 0 Å². The van der Waals surface area contributed by atoms with Gasteiger partial charge in [0.2, 0.25) is 0 Å². The third kappa shape index (κ3) is 4.51. The summed E-state index contributed by atoms with van der Waals surface area (Å²) >= 11 is 1.82. The average Bonchev–Trinajstić information content (AvgIpc) is 2.48. The number of thioether (sulfide) groups is 1. The van der Waals surface area contributed by atoms with Crippen molar-refractivity contribution in [2.75, 3.05) is 24.7 Å². The standard InChI is InChI=1S/C14H24N2O4S/c17-7-5-12-9-21-8-6-16(12)14(20)15-11-3-1-10(2-4-11)13(18)19/h10-12,17H,1-9H2,(H,15,20)(H,18,19). The van der Waals surface area contributed by atoms with E-state index in [0.29, 0.717) is 25.8 Å². The van der Waals surface area contributed by atoms with Crippen LogP contribution in [0.2, 0.25) is 0 Å². The Kier molecular flexibility index (Phi) is 6.17. The van der Waals surface area contributed by atoms with Crippen LogP contribution in [0.25, 0.3) is 0 Å². The predicted molar refractivity (Wildman–Crippen MR) is 81.4 cm³/mol. The summed E-state index contributed by atoms with van der Waals surface area (Å²) in [6.45, 7) is 0.810. The molecular weight excluding hydrogens is 292 g/mol. The number of aliphatic carboxylic acids is 1. The molecule has 1 unspecified atom stereocenters. The second-order valence-electron chi connectivity index (χ2n) is 5.77. The molecule has 0 bridgehead atoms. The number of nitrogens with zero attached hydrogens (tertiary/aromatic N) is 1. The Hall–Kier alpha value is -0.950. The summed E-state index contributed by atoms with van der Waals surface area (Å²) in [7, 11) is 0. The number of carbonyl (C=O) groups is 2. The van der Waals surface area contributed by atoms with Gasteiger partial charge in [0.05, 0.1) is 5.92 Å². The molecule has 1 atom stereocenters. The van der Waals surface area contributed by atoms with Gasteiger partial charge in [-0.05, 0) is 32.1 Å². The number of hydrogen-bond donors (Lipinski definition) is 3. The molecule has 1 aliphatic carbocycles. The van der Waals surface area contributed by atoms with Crippen molar-refractivity contribution < 1.29 is 19.8 Å². The number of aliphatic hydroxyl groups excluding tert-OH is 1. The van der Waals surface area contributed by atoms with E-state index in [1.54, 1.807) is 0 Å². The number of hydrogen-bond acceptors (Lipinski definition) is 4. The van der Waals surface area contributed by atoms with E-state index >= 15 is 0 Å². The zero-order chi connectivity index (χ0) is 15.2. The quantitative estimate of drug-likeness (QED) is 0.723. The zero-order valence-electron chi connectivity index (χ0n) is 12.2. The first-order valence-corrected chi connectivity index (χ1v) is 8.76. The smallest absolute Gasteiger partial charge is 0.317 e. The molecule has 3 N–H and O–H groups in total. The second kappa shape index (κ2) is 7.89. The lowest BCUT2D eigenvalue weighted by Crippen LogP contribution is -2.53. The first-order valence-electron chi connectivity index (χ1n) is 7.60. The van der Waals surface area contributed by atoms with E-state index in [1.807, 2.05) is 16.7 Å². The highest BCUT2D eigenvalue weighted by Crippen LogP contribution is 2.25. The number of carbonyl (C=O) groups excluding carboxylic acids is 1. The third-order valence-corrected chi connectivity index (χ3v) is 5.45. The molecule has 2 rings (SSSR count). The van der Waals surface area contributed by atoms with Crippen molar-refractivity contribution in [1.82, 2.24) is 10.2 Å². The van der Waals surface area contributed by atoms with Crippen LogP contribution in [0.4, 0.5) is 4.79 Å². The first-order chi connectivity index (χ1) is 10.1. The Morgan fingerprint density at radius 3 is 2.57 bits per heavy atom. The number of urea groups is 1. The number of aliphatic hydroxyl groups is 1. The van der Waals surface area contributed by atoms with E-state index in [-0.39, 0.29) is 30.6 Å². The molecule has 2 aliphatic rings. The van der Waals surface area contributed by atoms with Gasteiger partial charge in [0, 0.05) is 36.7 Å². The van der Waals surface area contributed by atoms with Gasteiger partial charge in [-0.25, -0.2) is 4.79 Å². The lowest BCUT2D eigenvalue weighted by molar-refractivity contribution is -0.142. The molecule has 2 fully saturated rings. The van der Waals surface area contributed by atoms with Crippen LogP contribution in [0.5, 0.6) is 0 Å². The summed E-state index contributed by atoms with van der Waals surface area (Å²) in [4.78, 5) is 25.1. The summed E-state index contributed by atoms with van der Waals surface area (Å²) < 4.78 is 0. The van der Waals surface area contributed by atoms with Gasteiger partial charge in [-0.2, -0.15) is 11.8 Å². The van der Waals surface area contributed by atoms with Crippen molar-refractivity contribution in [3.8, 4) is 0 Å². The predicted octanol–water partition coefficient (Wildman–Crippen LogP) is 1.14. The molecule has 2 amide bonds. The minimum absolute atomic E-state index is 0.0625. The maximum Gasteiger partial charge on any atom is 0.317 e. The van der Waals surface area contributed by atoms with Crippen molar-refractivity contribution in [1.29, 1.82) is 0 Å². The van der Waals surface area contributed by atoms with Crippen LogP contribution in [0.1, 0.15) is 32.1 Å². The summed E-state index contributed by atoms with van der Waals surface area (Å²) in [5, 5.41) is 21.1. The average molecular weight is 316 g/mol. The molecular formula is C14H24N2O4S. The van der Waals surface area contributed by atoms with E-state index in [0.717, 1.165) is 24.3 Å². The molecule has 0 aromatic heterocycles. The van der Waals surface area contributed by atoms with E-state index in [9.17, 15) is 9.59 Å². The van der Waals surface area contributed by atoms with E-state index < -0.39 is 5.97 Å². The fourth-order valence-electron chi connectivity index (χ4n) is 3.05. The number of carboxylic acid groups (broad SMARTS) is 1. The molecule has 1 aliphatic heterocycles. The molecule has 1 heterocycles. The molecule has 0 radical (unpaired) electrons. The Morgan fingerprint density at radius 1 is 1.24 bits per heavy atom. The highest BCUT2D eigenvalue weighted by molar-refractivity contribution is 7.99. The zero-order valence-corrected chi connectivity index (χ0v) is 13.0. The van der Waals surface area contributed by atoms with E-state index in [1.165, 1.54) is 0 Å². The number of amides is 2. The fourth-order valence-corrected chi connectivity index (χ4v) is 4.16. The van der Waals surface area contributed by atoms with Crippen LogP contribution in [0, 0.1) is 5.92 Å². The van der Waals surface area contributed by atoms with Gasteiger partial charge in [-0.15, -0.1) is 0 Å². The molecule has 21 heavy (non-hydrogen) atoms. The van der Waals surface area contributed by atoms with Crippen LogP contribution in [0.3, 0.4) is 0 Å². The molecule has 1 saturated carbocycles. The highest BCUT2D eigenvalue weighted by atomic mass is 32.2. The van der Waals surface area contributed by atoms with E-state index in [2.05, 4.69) is 5.32 Å². The van der Waals surface area contributed by atoms with Crippen molar-refractivity contribution in [2.45, 2.75) is 44.2 Å². The van der Waals surface area contributed by atoms with Gasteiger partial charge in [0.1, 0.15) is 0 Å². The molecule has 0 aromatic rings. The highest BCUT2D eigenvalue weighted by Gasteiger charge is 2.30. The van der Waals surface area contributed by atoms with Crippen LogP contribution in [0.15, 0.2) is 0 Å².